The number of hydrogen-bond donors (Lipinski definition) is 1. The molecule has 4 heteroatoms. The highest BCUT2D eigenvalue weighted by atomic mass is 19.1. The molecule has 0 amide bonds. The number of hydrogen-bond acceptors (Lipinski definition) is 2. The Balaban J connectivity index is 2.45. The zero-order valence-corrected chi connectivity index (χ0v) is 6.35. The van der Waals surface area contributed by atoms with E-state index in [1.807, 2.05) is 0 Å². The second-order valence-corrected chi connectivity index (χ2v) is 3.01. The molecule has 2 N–H and O–H groups in total. The van der Waals surface area contributed by atoms with Gasteiger partial charge in [-0.05, 0) is 18.9 Å². The van der Waals surface area contributed by atoms with E-state index < -0.39 is 17.5 Å². The second-order valence-electron chi connectivity index (χ2n) is 3.01. The summed E-state index contributed by atoms with van der Waals surface area (Å²) in [7, 11) is 0. The van der Waals surface area contributed by atoms with Crippen LogP contribution in [0.5, 0.6) is 0 Å². The second kappa shape index (κ2) is 2.40. The quantitative estimate of drug-likeness (QED) is 0.653. The van der Waals surface area contributed by atoms with Crippen molar-refractivity contribution in [2.24, 2.45) is 0 Å². The van der Waals surface area contributed by atoms with Crippen molar-refractivity contribution in [3.05, 3.63) is 23.5 Å². The minimum atomic E-state index is -0.892. The molecule has 1 aromatic rings. The fraction of sp³-hybridized carbons (Fsp3) is 0.375. The van der Waals surface area contributed by atoms with Crippen LogP contribution in [0.2, 0.25) is 0 Å². The molecule has 0 unspecified atom stereocenters. The largest absolute Gasteiger partial charge is 0.393 e. The first kappa shape index (κ1) is 7.46. The standard InChI is InChI=1S/C8H8F2N2/c9-5-3-6(4-1-2-4)12-8(10)7(5)11/h3-4H,1-2,11H2. The van der Waals surface area contributed by atoms with Crippen LogP contribution >= 0.6 is 0 Å². The van der Waals surface area contributed by atoms with Crippen molar-refractivity contribution in [2.45, 2.75) is 18.8 Å². The summed E-state index contributed by atoms with van der Waals surface area (Å²) in [5.41, 5.74) is 5.06. The molecule has 1 aliphatic rings. The fourth-order valence-corrected chi connectivity index (χ4v) is 1.10. The van der Waals surface area contributed by atoms with Gasteiger partial charge >= 0.3 is 0 Å². The van der Waals surface area contributed by atoms with Gasteiger partial charge in [0.05, 0.1) is 0 Å². The van der Waals surface area contributed by atoms with E-state index >= 15 is 0 Å². The summed E-state index contributed by atoms with van der Waals surface area (Å²) in [6.07, 6.45) is 1.94. The molecule has 0 saturated heterocycles. The Morgan fingerprint density at radius 2 is 2.08 bits per heavy atom. The lowest BCUT2D eigenvalue weighted by Gasteiger charge is -2.01. The van der Waals surface area contributed by atoms with Crippen molar-refractivity contribution >= 4 is 5.69 Å². The summed E-state index contributed by atoms with van der Waals surface area (Å²) in [6, 6.07) is 1.22. The number of rotatable bonds is 1. The van der Waals surface area contributed by atoms with Crippen LogP contribution in [-0.4, -0.2) is 4.98 Å². The Morgan fingerprint density at radius 3 is 2.58 bits per heavy atom. The highest BCUT2D eigenvalue weighted by Gasteiger charge is 2.26. The number of nitrogens with two attached hydrogens (primary N) is 1. The fourth-order valence-electron chi connectivity index (χ4n) is 1.10. The SMILES string of the molecule is Nc1c(F)cc(C2CC2)nc1F. The highest BCUT2D eigenvalue weighted by Crippen LogP contribution is 2.39. The van der Waals surface area contributed by atoms with Crippen molar-refractivity contribution in [3.63, 3.8) is 0 Å². The van der Waals surface area contributed by atoms with Crippen LogP contribution in [0.25, 0.3) is 0 Å². The van der Waals surface area contributed by atoms with E-state index in [0.717, 1.165) is 12.8 Å². The number of aromatic nitrogens is 1. The van der Waals surface area contributed by atoms with E-state index in [9.17, 15) is 8.78 Å². The Morgan fingerprint density at radius 1 is 1.42 bits per heavy atom. The summed E-state index contributed by atoms with van der Waals surface area (Å²) in [5.74, 6) is -1.35. The van der Waals surface area contributed by atoms with Gasteiger partial charge in [0.1, 0.15) is 5.69 Å². The molecule has 2 nitrogen and oxygen atoms in total. The summed E-state index contributed by atoms with van der Waals surface area (Å²) >= 11 is 0. The maximum atomic E-state index is 12.8. The predicted octanol–water partition coefficient (Wildman–Crippen LogP) is 1.82. The van der Waals surface area contributed by atoms with Crippen LogP contribution in [0.1, 0.15) is 24.5 Å². The normalized spacial score (nSPS) is 16.5. The predicted molar refractivity (Wildman–Crippen MR) is 40.5 cm³/mol. The number of anilines is 1. The van der Waals surface area contributed by atoms with E-state index in [4.69, 9.17) is 5.73 Å². The first-order valence-corrected chi connectivity index (χ1v) is 3.80. The molecule has 1 saturated carbocycles. The van der Waals surface area contributed by atoms with Crippen molar-refractivity contribution in [1.29, 1.82) is 0 Å². The van der Waals surface area contributed by atoms with Gasteiger partial charge in [0.25, 0.3) is 0 Å². The zero-order valence-electron chi connectivity index (χ0n) is 6.35. The Bertz CT molecular complexity index is 298. The molecule has 1 aliphatic carbocycles. The molecule has 0 spiro atoms. The molecule has 12 heavy (non-hydrogen) atoms. The molecular weight excluding hydrogens is 162 g/mol. The summed E-state index contributed by atoms with van der Waals surface area (Å²) in [5, 5.41) is 0. The lowest BCUT2D eigenvalue weighted by Crippen LogP contribution is -2.01. The van der Waals surface area contributed by atoms with Crippen LogP contribution in [-0.2, 0) is 0 Å². The first-order chi connectivity index (χ1) is 5.68. The van der Waals surface area contributed by atoms with Gasteiger partial charge in [-0.25, -0.2) is 9.37 Å². The van der Waals surface area contributed by atoms with Gasteiger partial charge in [0.2, 0.25) is 5.95 Å². The number of halogens is 2. The molecule has 1 heterocycles. The molecule has 1 fully saturated rings. The summed E-state index contributed by atoms with van der Waals surface area (Å²) < 4.78 is 25.6. The van der Waals surface area contributed by atoms with Crippen LogP contribution < -0.4 is 5.73 Å². The van der Waals surface area contributed by atoms with Crippen LogP contribution in [0.4, 0.5) is 14.5 Å². The molecule has 0 aromatic carbocycles. The molecular formula is C8H8F2N2. The van der Waals surface area contributed by atoms with Gasteiger partial charge in [0.15, 0.2) is 5.82 Å². The van der Waals surface area contributed by atoms with Crippen molar-refractivity contribution in [2.75, 3.05) is 5.73 Å². The van der Waals surface area contributed by atoms with Crippen LogP contribution in [0.3, 0.4) is 0 Å². The topological polar surface area (TPSA) is 38.9 Å². The number of pyridine rings is 1. The van der Waals surface area contributed by atoms with Gasteiger partial charge in [-0.2, -0.15) is 4.39 Å². The number of nitrogen functional groups attached to an aromatic ring is 1. The molecule has 64 valence electrons. The molecule has 2 rings (SSSR count). The van der Waals surface area contributed by atoms with E-state index in [1.54, 1.807) is 0 Å². The van der Waals surface area contributed by atoms with E-state index in [-0.39, 0.29) is 5.92 Å². The zero-order chi connectivity index (χ0) is 8.72. The molecule has 1 aromatic heterocycles. The summed E-state index contributed by atoms with van der Waals surface area (Å²) in [4.78, 5) is 3.56. The van der Waals surface area contributed by atoms with Crippen molar-refractivity contribution in [3.8, 4) is 0 Å². The molecule has 0 aliphatic heterocycles. The van der Waals surface area contributed by atoms with Gasteiger partial charge in [-0.3, -0.25) is 0 Å². The number of nitrogens with zero attached hydrogens (tertiary/aromatic N) is 1. The third-order valence-corrected chi connectivity index (χ3v) is 1.98. The van der Waals surface area contributed by atoms with Crippen molar-refractivity contribution < 1.29 is 8.78 Å². The molecule has 0 radical (unpaired) electrons. The van der Waals surface area contributed by atoms with E-state index in [1.165, 1.54) is 6.07 Å². The average Bonchev–Trinajstić information content (AvgIpc) is 2.81. The minimum absolute atomic E-state index is 0.245. The lowest BCUT2D eigenvalue weighted by molar-refractivity contribution is 0.553. The van der Waals surface area contributed by atoms with Gasteiger partial charge < -0.3 is 5.73 Å². The van der Waals surface area contributed by atoms with E-state index in [2.05, 4.69) is 4.98 Å². The monoisotopic (exact) mass is 170 g/mol. The first-order valence-electron chi connectivity index (χ1n) is 3.80. The maximum Gasteiger partial charge on any atom is 0.239 e. The van der Waals surface area contributed by atoms with E-state index in [0.29, 0.717) is 5.69 Å². The smallest absolute Gasteiger partial charge is 0.239 e. The average molecular weight is 170 g/mol. The maximum absolute atomic E-state index is 12.8. The van der Waals surface area contributed by atoms with Gasteiger partial charge in [-0.1, -0.05) is 0 Å². The Labute approximate surface area is 68.4 Å². The molecule has 0 bridgehead atoms. The summed E-state index contributed by atoms with van der Waals surface area (Å²) in [6.45, 7) is 0. The van der Waals surface area contributed by atoms with Gasteiger partial charge in [0, 0.05) is 11.6 Å². The van der Waals surface area contributed by atoms with Crippen molar-refractivity contribution in [1.82, 2.24) is 4.98 Å². The lowest BCUT2D eigenvalue weighted by atomic mass is 10.2. The highest BCUT2D eigenvalue weighted by molar-refractivity contribution is 5.39. The van der Waals surface area contributed by atoms with Crippen LogP contribution in [0.15, 0.2) is 6.07 Å². The minimum Gasteiger partial charge on any atom is -0.393 e. The van der Waals surface area contributed by atoms with Crippen LogP contribution in [0, 0.1) is 11.8 Å². The Hall–Kier alpha value is -1.19. The Kier molecular flexibility index (Phi) is 1.49. The molecule has 0 atom stereocenters. The van der Waals surface area contributed by atoms with Gasteiger partial charge in [-0.15, -0.1) is 0 Å². The third-order valence-electron chi connectivity index (χ3n) is 1.98. The third kappa shape index (κ3) is 1.13.